The summed E-state index contributed by atoms with van der Waals surface area (Å²) in [5, 5.41) is 0.330. The van der Waals surface area contributed by atoms with E-state index >= 15 is 0 Å². The fourth-order valence-corrected chi connectivity index (χ4v) is 4.53. The van der Waals surface area contributed by atoms with Gasteiger partial charge in [-0.15, -0.1) is 0 Å². The Morgan fingerprint density at radius 1 is 1.08 bits per heavy atom. The van der Waals surface area contributed by atoms with Crippen molar-refractivity contribution >= 4 is 21.6 Å². The van der Waals surface area contributed by atoms with E-state index in [1.54, 1.807) is 6.07 Å². The minimum atomic E-state index is -3.73. The number of aryl methyl sites for hydroxylation is 2. The monoisotopic (exact) mass is 395 g/mol. The maximum Gasteiger partial charge on any atom is 0.244 e. The molecule has 0 atom stereocenters. The van der Waals surface area contributed by atoms with E-state index in [-0.39, 0.29) is 23.8 Å². The second-order valence-electron chi connectivity index (χ2n) is 6.18. The molecule has 0 bridgehead atoms. The second-order valence-corrected chi connectivity index (χ2v) is 8.35. The molecular formula is C19H22ClNO4S. The topological polar surface area (TPSA) is 64.6 Å². The van der Waals surface area contributed by atoms with Gasteiger partial charge in [0.25, 0.3) is 0 Å². The second kappa shape index (κ2) is 8.29. The minimum Gasteiger partial charge on any atom is -0.495 e. The van der Waals surface area contributed by atoms with Crippen LogP contribution in [0.1, 0.15) is 24.0 Å². The summed E-state index contributed by atoms with van der Waals surface area (Å²) < 4.78 is 38.2. The molecule has 26 heavy (non-hydrogen) atoms. The smallest absolute Gasteiger partial charge is 0.244 e. The van der Waals surface area contributed by atoms with E-state index in [4.69, 9.17) is 21.1 Å². The zero-order valence-corrected chi connectivity index (χ0v) is 16.2. The molecule has 0 radical (unpaired) electrons. The Morgan fingerprint density at radius 2 is 1.85 bits per heavy atom. The van der Waals surface area contributed by atoms with Crippen LogP contribution in [-0.2, 0) is 22.9 Å². The highest BCUT2D eigenvalue weighted by molar-refractivity contribution is 7.89. The lowest BCUT2D eigenvalue weighted by Crippen LogP contribution is -2.28. The molecule has 2 aromatic carbocycles. The van der Waals surface area contributed by atoms with Gasteiger partial charge in [-0.05, 0) is 67.1 Å². The maximum absolute atomic E-state index is 12.5. The van der Waals surface area contributed by atoms with Crippen molar-refractivity contribution in [3.05, 3.63) is 52.5 Å². The third-order valence-electron chi connectivity index (χ3n) is 4.40. The van der Waals surface area contributed by atoms with E-state index in [0.29, 0.717) is 5.02 Å². The van der Waals surface area contributed by atoms with E-state index in [9.17, 15) is 8.42 Å². The molecule has 0 aromatic heterocycles. The van der Waals surface area contributed by atoms with E-state index in [1.165, 1.54) is 43.2 Å². The van der Waals surface area contributed by atoms with Crippen molar-refractivity contribution in [3.63, 3.8) is 0 Å². The fraction of sp³-hybridized carbons (Fsp3) is 0.368. The molecule has 0 spiro atoms. The number of methoxy groups -OCH3 is 1. The highest BCUT2D eigenvalue weighted by atomic mass is 35.5. The van der Waals surface area contributed by atoms with Gasteiger partial charge in [0.1, 0.15) is 23.0 Å². The van der Waals surface area contributed by atoms with Crippen LogP contribution in [0, 0.1) is 0 Å². The number of sulfonamides is 1. The Balaban J connectivity index is 1.58. The first kappa shape index (κ1) is 19.0. The van der Waals surface area contributed by atoms with Crippen LogP contribution in [0.15, 0.2) is 41.3 Å². The summed E-state index contributed by atoms with van der Waals surface area (Å²) in [5.74, 6) is 1.02. The van der Waals surface area contributed by atoms with E-state index in [1.807, 2.05) is 6.07 Å². The van der Waals surface area contributed by atoms with Gasteiger partial charge in [0, 0.05) is 11.6 Å². The summed E-state index contributed by atoms with van der Waals surface area (Å²) in [7, 11) is -2.32. The number of fused-ring (bicyclic) bond motifs is 1. The summed E-state index contributed by atoms with van der Waals surface area (Å²) in [5.41, 5.74) is 2.72. The minimum absolute atomic E-state index is 0.0151. The van der Waals surface area contributed by atoms with Gasteiger partial charge in [-0.1, -0.05) is 17.7 Å². The molecule has 1 aliphatic carbocycles. The lowest BCUT2D eigenvalue weighted by molar-refractivity contribution is 0.322. The zero-order chi connectivity index (χ0) is 18.6. The first-order valence-electron chi connectivity index (χ1n) is 8.57. The Kier molecular flexibility index (Phi) is 6.06. The Morgan fingerprint density at radius 3 is 2.62 bits per heavy atom. The largest absolute Gasteiger partial charge is 0.495 e. The number of hydrogen-bond donors (Lipinski definition) is 1. The van der Waals surface area contributed by atoms with Crippen molar-refractivity contribution in [1.82, 2.24) is 4.72 Å². The van der Waals surface area contributed by atoms with Gasteiger partial charge in [-0.2, -0.15) is 0 Å². The Bertz CT molecular complexity index is 883. The van der Waals surface area contributed by atoms with Gasteiger partial charge in [0.15, 0.2) is 0 Å². The molecule has 1 N–H and O–H groups in total. The van der Waals surface area contributed by atoms with Crippen LogP contribution in [-0.4, -0.2) is 28.7 Å². The zero-order valence-electron chi connectivity index (χ0n) is 14.6. The van der Waals surface area contributed by atoms with Gasteiger partial charge in [0.05, 0.1) is 7.11 Å². The summed E-state index contributed by atoms with van der Waals surface area (Å²) in [6, 6.07) is 10.6. The third-order valence-corrected chi connectivity index (χ3v) is 6.12. The molecule has 140 valence electrons. The average molecular weight is 396 g/mol. The van der Waals surface area contributed by atoms with Crippen LogP contribution < -0.4 is 14.2 Å². The maximum atomic E-state index is 12.5. The third kappa shape index (κ3) is 4.50. The lowest BCUT2D eigenvalue weighted by atomic mass is 9.92. The van der Waals surface area contributed by atoms with Gasteiger partial charge in [-0.3, -0.25) is 0 Å². The predicted molar refractivity (Wildman–Crippen MR) is 102 cm³/mol. The normalized spacial score (nSPS) is 13.9. The first-order valence-corrected chi connectivity index (χ1v) is 10.4. The number of benzene rings is 2. The fourth-order valence-electron chi connectivity index (χ4n) is 3.08. The molecule has 3 rings (SSSR count). The molecule has 0 unspecified atom stereocenters. The average Bonchev–Trinajstić information content (AvgIpc) is 2.65. The van der Waals surface area contributed by atoms with Crippen LogP contribution in [0.2, 0.25) is 5.02 Å². The highest BCUT2D eigenvalue weighted by Gasteiger charge is 2.19. The quantitative estimate of drug-likeness (QED) is 0.727. The van der Waals surface area contributed by atoms with Crippen molar-refractivity contribution < 1.29 is 17.9 Å². The van der Waals surface area contributed by atoms with Crippen molar-refractivity contribution in [1.29, 1.82) is 0 Å². The van der Waals surface area contributed by atoms with Crippen LogP contribution in [0.4, 0.5) is 0 Å². The molecule has 2 aromatic rings. The van der Waals surface area contributed by atoms with Gasteiger partial charge < -0.3 is 9.47 Å². The molecule has 0 heterocycles. The van der Waals surface area contributed by atoms with Crippen LogP contribution >= 0.6 is 11.6 Å². The number of nitrogens with one attached hydrogen (secondary N) is 1. The summed E-state index contributed by atoms with van der Waals surface area (Å²) in [6.07, 6.45) is 4.64. The van der Waals surface area contributed by atoms with Gasteiger partial charge in [0.2, 0.25) is 10.0 Å². The Labute approximate surface area is 159 Å². The predicted octanol–water partition coefficient (Wildman–Crippen LogP) is 3.58. The molecule has 0 saturated heterocycles. The number of ether oxygens (including phenoxy) is 2. The van der Waals surface area contributed by atoms with E-state index in [2.05, 4.69) is 16.9 Å². The molecule has 0 saturated carbocycles. The van der Waals surface area contributed by atoms with Gasteiger partial charge >= 0.3 is 0 Å². The highest BCUT2D eigenvalue weighted by Crippen LogP contribution is 2.27. The molecule has 5 nitrogen and oxygen atoms in total. The van der Waals surface area contributed by atoms with Gasteiger partial charge in [-0.25, -0.2) is 13.1 Å². The standard InChI is InChI=1S/C19H22ClNO4S/c1-24-18-9-7-16(20)13-19(18)26(22,23)21-10-11-25-17-8-6-14-4-2-3-5-15(14)12-17/h6-9,12-13,21H,2-5,10-11H2,1H3. The van der Waals surface area contributed by atoms with Crippen molar-refractivity contribution in [2.45, 2.75) is 30.6 Å². The Hall–Kier alpha value is -1.76. The van der Waals surface area contributed by atoms with Crippen LogP contribution in [0.25, 0.3) is 0 Å². The molecular weight excluding hydrogens is 374 g/mol. The van der Waals surface area contributed by atoms with Crippen molar-refractivity contribution in [3.8, 4) is 11.5 Å². The summed E-state index contributed by atoms with van der Waals surface area (Å²) >= 11 is 5.91. The van der Waals surface area contributed by atoms with Crippen molar-refractivity contribution in [2.24, 2.45) is 0 Å². The lowest BCUT2D eigenvalue weighted by Gasteiger charge is -2.17. The van der Waals surface area contributed by atoms with Crippen LogP contribution in [0.5, 0.6) is 11.5 Å². The van der Waals surface area contributed by atoms with E-state index in [0.717, 1.165) is 18.6 Å². The molecule has 1 aliphatic rings. The summed E-state index contributed by atoms with van der Waals surface area (Å²) in [4.78, 5) is 0.0151. The first-order chi connectivity index (χ1) is 12.5. The van der Waals surface area contributed by atoms with E-state index < -0.39 is 10.0 Å². The molecule has 0 amide bonds. The number of hydrogen-bond acceptors (Lipinski definition) is 4. The van der Waals surface area contributed by atoms with Crippen molar-refractivity contribution in [2.75, 3.05) is 20.3 Å². The summed E-state index contributed by atoms with van der Waals surface area (Å²) in [6.45, 7) is 0.385. The molecule has 7 heteroatoms. The van der Waals surface area contributed by atoms with Crippen LogP contribution in [0.3, 0.4) is 0 Å². The molecule has 0 fully saturated rings. The molecule has 0 aliphatic heterocycles. The number of rotatable bonds is 7. The number of halogens is 1. The SMILES string of the molecule is COc1ccc(Cl)cc1S(=O)(=O)NCCOc1ccc2c(c1)CCCC2.